The minimum atomic E-state index is -3.12. The van der Waals surface area contributed by atoms with Gasteiger partial charge in [-0.1, -0.05) is 11.6 Å². The second-order valence-corrected chi connectivity index (χ2v) is 10.5. The number of alkyl halides is 2. The largest absolute Gasteiger partial charge is 0.434 e. The van der Waals surface area contributed by atoms with Gasteiger partial charge in [-0.25, -0.2) is 16.1 Å². The smallest absolute Gasteiger partial charge is 0.387 e. The molecule has 2 N–H and O–H groups in total. The molecule has 15 heteroatoms. The quantitative estimate of drug-likeness (QED) is 0.260. The Bertz CT molecular complexity index is 1660. The molecule has 4 aromatic rings. The minimum Gasteiger partial charge on any atom is -0.434 e. The van der Waals surface area contributed by atoms with Gasteiger partial charge < -0.3 is 25.1 Å². The maximum Gasteiger partial charge on any atom is 0.387 e. The molecule has 5 rings (SSSR count). The zero-order valence-electron chi connectivity index (χ0n) is 23.1. The molecule has 2 amide bonds. The van der Waals surface area contributed by atoms with E-state index in [1.807, 2.05) is 6.92 Å². The van der Waals surface area contributed by atoms with Crippen molar-refractivity contribution in [3.05, 3.63) is 71.1 Å². The van der Waals surface area contributed by atoms with E-state index in [0.29, 0.717) is 25.3 Å². The second-order valence-electron chi connectivity index (χ2n) is 10.0. The molecule has 1 saturated heterocycles. The first kappa shape index (κ1) is 29.9. The number of nitrogens with zero attached hydrogens (tertiary/aromatic N) is 7. The van der Waals surface area contributed by atoms with Gasteiger partial charge in [-0.2, -0.15) is 19.0 Å². The molecule has 1 fully saturated rings. The predicted octanol–water partition coefficient (Wildman–Crippen LogP) is 3.99. The highest BCUT2D eigenvalue weighted by atomic mass is 35.5. The Morgan fingerprint density at radius 3 is 2.81 bits per heavy atom. The number of carbonyl (C=O) groups excluding carboxylic acids is 2. The van der Waals surface area contributed by atoms with Crippen LogP contribution < -0.4 is 15.4 Å². The van der Waals surface area contributed by atoms with Crippen LogP contribution in [0, 0.1) is 6.57 Å². The molecule has 4 heterocycles. The average Bonchev–Trinajstić information content (AvgIpc) is 3.60. The maximum absolute atomic E-state index is 13.3. The summed E-state index contributed by atoms with van der Waals surface area (Å²) in [7, 11) is 0. The molecule has 3 aromatic heterocycles. The van der Waals surface area contributed by atoms with Gasteiger partial charge in [0.2, 0.25) is 11.9 Å². The summed E-state index contributed by atoms with van der Waals surface area (Å²) < 4.78 is 34.0. The van der Waals surface area contributed by atoms with Crippen LogP contribution in [0.25, 0.3) is 21.7 Å². The number of aromatic nitrogens is 5. The van der Waals surface area contributed by atoms with Crippen LogP contribution in [0.15, 0.2) is 49.1 Å². The number of likely N-dealkylation sites (tertiary alicyclic amines) is 1. The molecular weight excluding hydrogens is 584 g/mol. The fourth-order valence-electron chi connectivity index (χ4n) is 4.81. The third-order valence-corrected chi connectivity index (χ3v) is 7.25. The van der Waals surface area contributed by atoms with Crippen molar-refractivity contribution in [3.63, 3.8) is 0 Å². The van der Waals surface area contributed by atoms with E-state index in [9.17, 15) is 18.4 Å². The van der Waals surface area contributed by atoms with Crippen molar-refractivity contribution in [2.24, 2.45) is 0 Å². The number of anilines is 1. The van der Waals surface area contributed by atoms with Crippen molar-refractivity contribution >= 4 is 34.7 Å². The van der Waals surface area contributed by atoms with E-state index in [1.165, 1.54) is 46.0 Å². The first-order valence-electron chi connectivity index (χ1n) is 13.5. The zero-order valence-corrected chi connectivity index (χ0v) is 23.8. The first-order valence-corrected chi connectivity index (χ1v) is 13.9. The van der Waals surface area contributed by atoms with Crippen LogP contribution in [0.4, 0.5) is 14.5 Å². The topological polar surface area (TPSA) is 123 Å². The summed E-state index contributed by atoms with van der Waals surface area (Å²) >= 11 is 6.20. The molecule has 1 aliphatic heterocycles. The SMILES string of the molecule is [C-]#[N+]C(C)CNC1CCN(C(=O)Cn2cc(NC(=O)c3cnn4cccnc34)c(-c3cc(Cl)ccc3OC(F)F)n2)CC1. The van der Waals surface area contributed by atoms with Gasteiger partial charge in [0, 0.05) is 55.2 Å². The van der Waals surface area contributed by atoms with Gasteiger partial charge in [0.25, 0.3) is 5.91 Å². The van der Waals surface area contributed by atoms with Crippen molar-refractivity contribution in [2.45, 2.75) is 45.0 Å². The molecule has 1 aromatic carbocycles. The van der Waals surface area contributed by atoms with E-state index in [4.69, 9.17) is 22.9 Å². The number of nitrogens with one attached hydrogen (secondary N) is 2. The van der Waals surface area contributed by atoms with Crippen molar-refractivity contribution < 1.29 is 23.1 Å². The van der Waals surface area contributed by atoms with Crippen LogP contribution in [0.3, 0.4) is 0 Å². The standard InChI is InChI=1S/C28H28ClF2N9O3/c1-17(32-2)13-34-19-6-10-38(11-7-19)24(41)16-39-15-22(36-27(42)21-14-35-40-9-3-8-33-26(21)40)25(37-39)20-12-18(29)4-5-23(20)43-28(30)31/h3-5,8-9,12,14-15,17,19,28,34H,6-7,10-11,13,16H2,1H3,(H,36,42). The lowest BCUT2D eigenvalue weighted by Gasteiger charge is -2.32. The summed E-state index contributed by atoms with van der Waals surface area (Å²) in [5.74, 6) is -0.964. The monoisotopic (exact) mass is 611 g/mol. The summed E-state index contributed by atoms with van der Waals surface area (Å²) in [6, 6.07) is 5.85. The molecule has 1 atom stereocenters. The lowest BCUT2D eigenvalue weighted by atomic mass is 10.0. The van der Waals surface area contributed by atoms with Crippen LogP contribution in [0.2, 0.25) is 5.02 Å². The van der Waals surface area contributed by atoms with Crippen molar-refractivity contribution in [1.29, 1.82) is 0 Å². The number of fused-ring (bicyclic) bond motifs is 1. The van der Waals surface area contributed by atoms with E-state index in [1.54, 1.807) is 17.2 Å². The van der Waals surface area contributed by atoms with Crippen LogP contribution in [-0.4, -0.2) is 79.4 Å². The average molecular weight is 612 g/mol. The van der Waals surface area contributed by atoms with Crippen molar-refractivity contribution in [3.8, 4) is 17.0 Å². The molecule has 1 unspecified atom stereocenters. The fourth-order valence-corrected chi connectivity index (χ4v) is 4.98. The molecule has 0 bridgehead atoms. The number of ether oxygens (including phenoxy) is 1. The molecule has 224 valence electrons. The van der Waals surface area contributed by atoms with Gasteiger partial charge in [0.05, 0.1) is 18.4 Å². The number of rotatable bonds is 10. The van der Waals surface area contributed by atoms with Gasteiger partial charge in [-0.05, 0) is 37.1 Å². The molecule has 1 aliphatic rings. The zero-order chi connectivity index (χ0) is 30.5. The number of hydrogen-bond acceptors (Lipinski definition) is 7. The Labute approximate surface area is 250 Å². The number of hydrogen-bond donors (Lipinski definition) is 2. The number of benzene rings is 1. The third-order valence-electron chi connectivity index (χ3n) is 7.01. The highest BCUT2D eigenvalue weighted by Gasteiger charge is 2.26. The summed E-state index contributed by atoms with van der Waals surface area (Å²) in [6.07, 6.45) is 7.46. The number of amides is 2. The van der Waals surface area contributed by atoms with Gasteiger partial charge >= 0.3 is 6.61 Å². The predicted molar refractivity (Wildman–Crippen MR) is 154 cm³/mol. The lowest BCUT2D eigenvalue weighted by Crippen LogP contribution is -2.46. The Morgan fingerprint density at radius 1 is 1.28 bits per heavy atom. The number of piperidine rings is 1. The van der Waals surface area contributed by atoms with Gasteiger partial charge in [-0.15, -0.1) is 0 Å². The first-order chi connectivity index (χ1) is 20.7. The van der Waals surface area contributed by atoms with Crippen LogP contribution >= 0.6 is 11.6 Å². The van der Waals surface area contributed by atoms with Gasteiger partial charge in [0.15, 0.2) is 5.65 Å². The lowest BCUT2D eigenvalue weighted by molar-refractivity contribution is -0.133. The molecule has 0 aliphatic carbocycles. The highest BCUT2D eigenvalue weighted by Crippen LogP contribution is 2.37. The summed E-state index contributed by atoms with van der Waals surface area (Å²) in [5.41, 5.74) is 0.822. The minimum absolute atomic E-state index is 0.0839. The van der Waals surface area contributed by atoms with Gasteiger partial charge in [0.1, 0.15) is 23.6 Å². The van der Waals surface area contributed by atoms with Crippen molar-refractivity contribution in [2.75, 3.05) is 25.0 Å². The van der Waals surface area contributed by atoms with E-state index in [2.05, 4.69) is 30.7 Å². The Hall–Kier alpha value is -4.61. The molecule has 0 saturated carbocycles. The summed E-state index contributed by atoms with van der Waals surface area (Å²) in [5, 5.41) is 15.0. The molecule has 12 nitrogen and oxygen atoms in total. The van der Waals surface area contributed by atoms with Crippen molar-refractivity contribution in [1.82, 2.24) is 34.6 Å². The normalized spacial score (nSPS) is 14.6. The Morgan fingerprint density at radius 2 is 2.07 bits per heavy atom. The van der Waals surface area contributed by atoms with Gasteiger partial charge in [-0.3, -0.25) is 14.3 Å². The van der Waals surface area contributed by atoms with Crippen LogP contribution in [0.1, 0.15) is 30.1 Å². The molecule has 43 heavy (non-hydrogen) atoms. The summed E-state index contributed by atoms with van der Waals surface area (Å²) in [6.45, 7) is 7.34. The van der Waals surface area contributed by atoms with Crippen LogP contribution in [-0.2, 0) is 11.3 Å². The molecule has 0 spiro atoms. The number of halogens is 3. The molecule has 0 radical (unpaired) electrons. The highest BCUT2D eigenvalue weighted by molar-refractivity contribution is 6.31. The van der Waals surface area contributed by atoms with E-state index >= 15 is 0 Å². The molecular formula is C28H28ClF2N9O3. The Kier molecular flexibility index (Phi) is 9.13. The number of carbonyl (C=O) groups is 2. The van der Waals surface area contributed by atoms with E-state index < -0.39 is 12.5 Å². The summed E-state index contributed by atoms with van der Waals surface area (Å²) in [4.78, 5) is 35.9. The third kappa shape index (κ3) is 7.07. The van der Waals surface area contributed by atoms with E-state index in [-0.39, 0.29) is 57.8 Å². The fraction of sp³-hybridized carbons (Fsp3) is 0.357. The Balaban J connectivity index is 1.39. The van der Waals surface area contributed by atoms with E-state index in [0.717, 1.165) is 12.8 Å². The van der Waals surface area contributed by atoms with Crippen LogP contribution in [0.5, 0.6) is 5.75 Å². The second kappa shape index (κ2) is 13.1. The maximum atomic E-state index is 13.3.